The van der Waals surface area contributed by atoms with Crippen LogP contribution in [0.25, 0.3) is 0 Å². The average molecular weight is 468 g/mol. The molecular formula is C22H35N4O5S+. The van der Waals surface area contributed by atoms with Crippen LogP contribution < -0.4 is 5.32 Å². The molecule has 0 saturated carbocycles. The van der Waals surface area contributed by atoms with Gasteiger partial charge in [-0.2, -0.15) is 0 Å². The molecule has 4 heterocycles. The number of fused-ring (bicyclic) bond motifs is 1. The maximum Gasteiger partial charge on any atom is 0.353 e. The first-order valence-electron chi connectivity index (χ1n) is 11.4. The van der Waals surface area contributed by atoms with E-state index in [2.05, 4.69) is 26.5 Å². The number of likely N-dealkylation sites (N-methyl/N-ethyl adjacent to an activating group) is 1. The first-order chi connectivity index (χ1) is 14.9. The molecule has 0 aromatic carbocycles. The van der Waals surface area contributed by atoms with Crippen LogP contribution in [-0.4, -0.2) is 113 Å². The van der Waals surface area contributed by atoms with Crippen LogP contribution in [-0.2, 0) is 14.4 Å². The van der Waals surface area contributed by atoms with Crippen LogP contribution in [0.4, 0.5) is 0 Å². The van der Waals surface area contributed by atoms with Gasteiger partial charge in [-0.1, -0.05) is 6.92 Å². The number of thioether (sulfide) groups is 1. The molecule has 0 spiro atoms. The highest BCUT2D eigenvalue weighted by Crippen LogP contribution is 2.51. The zero-order valence-corrected chi connectivity index (χ0v) is 20.3. The lowest BCUT2D eigenvalue weighted by Gasteiger charge is -2.46. The number of quaternary nitrogens is 1. The first kappa shape index (κ1) is 23.5. The summed E-state index contributed by atoms with van der Waals surface area (Å²) >= 11 is 1.48. The molecule has 4 aliphatic rings. The van der Waals surface area contributed by atoms with Crippen molar-refractivity contribution in [3.63, 3.8) is 0 Å². The third kappa shape index (κ3) is 3.85. The summed E-state index contributed by atoms with van der Waals surface area (Å²) in [6, 6.07) is -0.120. The lowest BCUT2D eigenvalue weighted by Crippen LogP contribution is -2.63. The van der Waals surface area contributed by atoms with Gasteiger partial charge in [-0.3, -0.25) is 9.59 Å². The lowest BCUT2D eigenvalue weighted by atomic mass is 9.79. The molecule has 1 unspecified atom stereocenters. The van der Waals surface area contributed by atoms with Crippen LogP contribution in [0.5, 0.6) is 0 Å². The fraction of sp³-hybridized carbons (Fsp3) is 0.773. The standard InChI is InChI=1S/C22H34N4O5S/c1-11-17-16(12(2)27)21(29)25(17)18(22(30)31)19(11)32-14-8-15(23-9-14)20(28)24-7-6-13(10-24)26(3,4)5/h11-17,23,27H,6-10H2,1-5H3/p+1/t11-,12?,13+,14+,15+,16-,17-/m1/s1. The molecule has 0 radical (unpaired) electrons. The fourth-order valence-corrected chi connectivity index (χ4v) is 7.11. The molecule has 3 N–H and O–H groups in total. The smallest absolute Gasteiger partial charge is 0.353 e. The van der Waals surface area contributed by atoms with Crippen molar-refractivity contribution in [2.24, 2.45) is 11.8 Å². The Labute approximate surface area is 193 Å². The van der Waals surface area contributed by atoms with Crippen molar-refractivity contribution in [3.8, 4) is 0 Å². The highest BCUT2D eigenvalue weighted by molar-refractivity contribution is 8.03. The van der Waals surface area contributed by atoms with E-state index in [-0.39, 0.29) is 40.8 Å². The van der Waals surface area contributed by atoms with Crippen LogP contribution >= 0.6 is 11.8 Å². The monoisotopic (exact) mass is 467 g/mol. The summed E-state index contributed by atoms with van der Waals surface area (Å²) in [4.78, 5) is 41.6. The van der Waals surface area contributed by atoms with E-state index in [0.717, 1.165) is 24.0 Å². The Morgan fingerprint density at radius 3 is 2.53 bits per heavy atom. The van der Waals surface area contributed by atoms with Crippen LogP contribution in [0.3, 0.4) is 0 Å². The van der Waals surface area contributed by atoms with Crippen LogP contribution in [0, 0.1) is 11.8 Å². The van der Waals surface area contributed by atoms with Gasteiger partial charge in [0.05, 0.1) is 51.8 Å². The number of hydrogen-bond acceptors (Lipinski definition) is 6. The molecule has 7 atom stereocenters. The summed E-state index contributed by atoms with van der Waals surface area (Å²) in [6.45, 7) is 5.67. The van der Waals surface area contributed by atoms with Gasteiger partial charge in [0, 0.05) is 35.6 Å². The number of carboxylic acids is 1. The normalized spacial score (nSPS) is 35.9. The number of likely N-dealkylation sites (tertiary alicyclic amines) is 1. The van der Waals surface area contributed by atoms with Crippen LogP contribution in [0.2, 0.25) is 0 Å². The quantitative estimate of drug-likeness (QED) is 0.370. The van der Waals surface area contributed by atoms with Gasteiger partial charge in [-0.25, -0.2) is 4.79 Å². The van der Waals surface area contributed by atoms with E-state index in [1.54, 1.807) is 6.92 Å². The molecule has 0 aromatic rings. The molecule has 3 saturated heterocycles. The molecule has 178 valence electrons. The highest BCUT2D eigenvalue weighted by atomic mass is 32.2. The summed E-state index contributed by atoms with van der Waals surface area (Å²) < 4.78 is 0.841. The number of β-lactam (4-membered cyclic amide) rings is 1. The Hall–Kier alpha value is -1.62. The van der Waals surface area contributed by atoms with Gasteiger partial charge in [0.25, 0.3) is 0 Å². The van der Waals surface area contributed by atoms with Crippen molar-refractivity contribution in [2.75, 3.05) is 40.8 Å². The largest absolute Gasteiger partial charge is 0.477 e. The number of aliphatic hydroxyl groups is 1. The Morgan fingerprint density at radius 2 is 1.97 bits per heavy atom. The van der Waals surface area contributed by atoms with E-state index in [0.29, 0.717) is 23.9 Å². The second-order valence-electron chi connectivity index (χ2n) is 10.6. The lowest BCUT2D eigenvalue weighted by molar-refractivity contribution is -0.893. The molecule has 4 aliphatic heterocycles. The number of aliphatic carboxylic acids is 1. The molecule has 0 aliphatic carbocycles. The van der Waals surface area contributed by atoms with Crippen molar-refractivity contribution in [2.45, 2.75) is 56.2 Å². The van der Waals surface area contributed by atoms with E-state index in [4.69, 9.17) is 0 Å². The molecular weight excluding hydrogens is 432 g/mol. The number of nitrogens with zero attached hydrogens (tertiary/aromatic N) is 3. The minimum absolute atomic E-state index is 0.0505. The maximum absolute atomic E-state index is 13.1. The van der Waals surface area contributed by atoms with Gasteiger partial charge >= 0.3 is 5.97 Å². The number of amides is 2. The van der Waals surface area contributed by atoms with Gasteiger partial charge < -0.3 is 29.8 Å². The SMILES string of the molecule is CC(O)[C@H]1C(=O)N2C(C(=O)O)=C(S[C@@H]3CN[C@H](C(=O)N4CC[C@H]([N+](C)(C)C)C4)C3)[C@H](C)[C@H]12. The minimum atomic E-state index is -1.11. The van der Waals surface area contributed by atoms with E-state index in [1.165, 1.54) is 16.7 Å². The number of rotatable bonds is 6. The Morgan fingerprint density at radius 1 is 1.28 bits per heavy atom. The van der Waals surface area contributed by atoms with Crippen LogP contribution in [0.15, 0.2) is 10.6 Å². The Kier molecular flexibility index (Phi) is 6.11. The predicted molar refractivity (Wildman–Crippen MR) is 120 cm³/mol. The summed E-state index contributed by atoms with van der Waals surface area (Å²) in [5.41, 5.74) is 0.0505. The maximum atomic E-state index is 13.1. The second kappa shape index (κ2) is 8.30. The second-order valence-corrected chi connectivity index (χ2v) is 11.9. The Balaban J connectivity index is 1.42. The third-order valence-corrected chi connectivity index (χ3v) is 9.08. The third-order valence-electron chi connectivity index (χ3n) is 7.56. The molecule has 0 bridgehead atoms. The summed E-state index contributed by atoms with van der Waals surface area (Å²) in [6.07, 6.45) is 0.829. The summed E-state index contributed by atoms with van der Waals surface area (Å²) in [5.74, 6) is -2.01. The van der Waals surface area contributed by atoms with Gasteiger partial charge in [0.1, 0.15) is 11.7 Å². The number of aliphatic hydroxyl groups excluding tert-OH is 1. The molecule has 32 heavy (non-hydrogen) atoms. The molecule has 2 amide bonds. The number of carboxylic acid groups (broad SMARTS) is 1. The van der Waals surface area contributed by atoms with E-state index >= 15 is 0 Å². The number of nitrogens with one attached hydrogen (secondary N) is 1. The fourth-order valence-electron chi connectivity index (χ4n) is 5.63. The van der Waals surface area contributed by atoms with Gasteiger partial charge in [-0.05, 0) is 13.3 Å². The number of carbonyl (C=O) groups is 3. The molecule has 10 heteroatoms. The van der Waals surface area contributed by atoms with E-state index in [9.17, 15) is 24.6 Å². The Bertz CT molecular complexity index is 854. The van der Waals surface area contributed by atoms with Crippen molar-refractivity contribution >= 4 is 29.5 Å². The molecule has 4 rings (SSSR count). The molecule has 9 nitrogen and oxygen atoms in total. The average Bonchev–Trinajstić information content (AvgIpc) is 3.40. The highest BCUT2D eigenvalue weighted by Gasteiger charge is 2.60. The minimum Gasteiger partial charge on any atom is -0.477 e. The molecule has 0 aromatic heterocycles. The van der Waals surface area contributed by atoms with E-state index in [1.807, 2.05) is 11.8 Å². The zero-order chi connectivity index (χ0) is 23.5. The van der Waals surface area contributed by atoms with Crippen molar-refractivity contribution in [3.05, 3.63) is 10.6 Å². The molecule has 3 fully saturated rings. The van der Waals surface area contributed by atoms with Gasteiger partial charge in [0.15, 0.2) is 0 Å². The summed E-state index contributed by atoms with van der Waals surface area (Å²) in [5, 5.41) is 23.2. The summed E-state index contributed by atoms with van der Waals surface area (Å²) in [7, 11) is 6.48. The van der Waals surface area contributed by atoms with Gasteiger partial charge in [-0.15, -0.1) is 11.8 Å². The zero-order valence-electron chi connectivity index (χ0n) is 19.4. The number of hydrogen-bond donors (Lipinski definition) is 3. The predicted octanol–water partition coefficient (Wildman–Crippen LogP) is -0.0891. The van der Waals surface area contributed by atoms with Crippen LogP contribution in [0.1, 0.15) is 26.7 Å². The van der Waals surface area contributed by atoms with Crippen molar-refractivity contribution in [1.82, 2.24) is 15.1 Å². The van der Waals surface area contributed by atoms with E-state index < -0.39 is 18.0 Å². The van der Waals surface area contributed by atoms with Crippen molar-refractivity contribution in [1.29, 1.82) is 0 Å². The van der Waals surface area contributed by atoms with Crippen molar-refractivity contribution < 1.29 is 29.1 Å². The first-order valence-corrected chi connectivity index (χ1v) is 12.3. The number of carbonyl (C=O) groups excluding carboxylic acids is 2. The van der Waals surface area contributed by atoms with Gasteiger partial charge in [0.2, 0.25) is 11.8 Å². The topological polar surface area (TPSA) is 110 Å².